The topological polar surface area (TPSA) is 42.0 Å². The highest BCUT2D eigenvalue weighted by Gasteiger charge is 2.37. The lowest BCUT2D eigenvalue weighted by molar-refractivity contribution is -0.0102. The Kier molecular flexibility index (Phi) is 8.59. The first-order chi connectivity index (χ1) is 18.4. The molecule has 2 unspecified atom stereocenters. The Morgan fingerprint density at radius 2 is 1.90 bits per heavy atom. The van der Waals surface area contributed by atoms with Gasteiger partial charge in [-0.25, -0.2) is 4.79 Å². The van der Waals surface area contributed by atoms with Crippen molar-refractivity contribution in [2.45, 2.75) is 82.9 Å². The molecule has 4 aliphatic rings. The van der Waals surface area contributed by atoms with Gasteiger partial charge < -0.3 is 14.4 Å². The fourth-order valence-corrected chi connectivity index (χ4v) is 8.99. The number of halogens is 4. The Morgan fingerprint density at radius 3 is 2.54 bits per heavy atom. The lowest BCUT2D eigenvalue weighted by atomic mass is 9.86. The molecule has 1 saturated carbocycles. The quantitative estimate of drug-likeness (QED) is 0.236. The first-order valence-corrected chi connectivity index (χ1v) is 16.6. The van der Waals surface area contributed by atoms with E-state index in [0.29, 0.717) is 30.5 Å². The van der Waals surface area contributed by atoms with Crippen molar-refractivity contribution in [1.82, 2.24) is 4.90 Å². The number of amides is 1. The van der Waals surface area contributed by atoms with E-state index in [1.165, 1.54) is 9.71 Å². The van der Waals surface area contributed by atoms with Crippen molar-refractivity contribution < 1.29 is 23.0 Å². The fourth-order valence-electron chi connectivity index (χ4n) is 5.44. The van der Waals surface area contributed by atoms with Crippen LogP contribution in [0.3, 0.4) is 0 Å². The minimum Gasteiger partial charge on any atom is -0.444 e. The van der Waals surface area contributed by atoms with E-state index in [9.17, 15) is 13.6 Å². The van der Waals surface area contributed by atoms with E-state index >= 15 is 0 Å². The zero-order chi connectivity index (χ0) is 27.9. The molecule has 10 heteroatoms. The van der Waals surface area contributed by atoms with Gasteiger partial charge in [0.15, 0.2) is 0 Å². The Hall–Kier alpha value is -1.35. The molecular weight excluding hydrogens is 656 g/mol. The molecule has 1 aromatic rings. The van der Waals surface area contributed by atoms with E-state index in [1.54, 1.807) is 26.3 Å². The molecule has 0 radical (unpaired) electrons. The van der Waals surface area contributed by atoms with Crippen molar-refractivity contribution in [2.24, 2.45) is 5.92 Å². The number of hydrogen-bond donors (Lipinski definition) is 0. The summed E-state index contributed by atoms with van der Waals surface area (Å²) in [5.41, 5.74) is -0.168. The summed E-state index contributed by atoms with van der Waals surface area (Å²) in [5, 5.41) is 0.651. The van der Waals surface area contributed by atoms with Crippen molar-refractivity contribution >= 4 is 57.0 Å². The number of alkyl halides is 2. The van der Waals surface area contributed by atoms with Crippen LogP contribution in [0.2, 0.25) is 5.02 Å². The average molecular weight is 691 g/mol. The van der Waals surface area contributed by atoms with E-state index in [-0.39, 0.29) is 44.6 Å². The summed E-state index contributed by atoms with van der Waals surface area (Å²) in [5.74, 6) is 0.451. The first kappa shape index (κ1) is 29.2. The Balaban J connectivity index is 1.25. The Labute approximate surface area is 246 Å². The fraction of sp³-hybridized carbons (Fsp3) is 0.517. The van der Waals surface area contributed by atoms with Gasteiger partial charge in [0.05, 0.1) is 34.6 Å². The number of carbonyl (C=O) groups is 1. The maximum absolute atomic E-state index is 13.5. The molecular formula is C29H35ClF2IN2O3P. The number of hydrogen-bond acceptors (Lipinski definition) is 4. The minimum atomic E-state index is -2.89. The number of allylic oxidation sites excluding steroid dienone is 2. The van der Waals surface area contributed by atoms with Crippen LogP contribution < -0.4 is 4.90 Å². The molecule has 2 aliphatic carbocycles. The van der Waals surface area contributed by atoms with Crippen LogP contribution in [0.25, 0.3) is 0 Å². The zero-order valence-corrected chi connectivity index (χ0v) is 26.5. The predicted molar refractivity (Wildman–Crippen MR) is 165 cm³/mol. The molecule has 1 fully saturated rings. The van der Waals surface area contributed by atoms with Crippen LogP contribution in [0, 0.1) is 5.92 Å². The van der Waals surface area contributed by atoms with Crippen LogP contribution in [-0.2, 0) is 16.0 Å². The Bertz CT molecular complexity index is 1250. The molecule has 2 aliphatic heterocycles. The van der Waals surface area contributed by atoms with E-state index in [0.717, 1.165) is 42.6 Å². The zero-order valence-electron chi connectivity index (χ0n) is 22.4. The SMILES string of the molecule is CC(C)(C)OC(=O)N1CC2=CI=C(C3CCC(OC4C=CC(C(F)(F)P)=CC4)CC3)N2c2ccc(Cl)cc2C1. The number of fused-ring (bicyclic) bond motifs is 3. The summed E-state index contributed by atoms with van der Waals surface area (Å²) in [4.78, 5) is 17.2. The van der Waals surface area contributed by atoms with Gasteiger partial charge in [-0.05, 0) is 80.7 Å². The molecule has 1 amide bonds. The lowest BCUT2D eigenvalue weighted by Crippen LogP contribution is -2.40. The molecule has 5 rings (SSSR count). The maximum Gasteiger partial charge on any atom is 0.410 e. The molecule has 2 heterocycles. The van der Waals surface area contributed by atoms with Crippen molar-refractivity contribution in [3.63, 3.8) is 0 Å². The largest absolute Gasteiger partial charge is 0.444 e. The van der Waals surface area contributed by atoms with Crippen molar-refractivity contribution in [3.8, 4) is 0 Å². The van der Waals surface area contributed by atoms with Gasteiger partial charge in [-0.2, -0.15) is 8.78 Å². The summed E-state index contributed by atoms with van der Waals surface area (Å²) in [6, 6.07) is 5.95. The third kappa shape index (κ3) is 6.94. The smallest absolute Gasteiger partial charge is 0.410 e. The lowest BCUT2D eigenvalue weighted by Gasteiger charge is -2.35. The van der Waals surface area contributed by atoms with Crippen LogP contribution in [0.1, 0.15) is 58.4 Å². The van der Waals surface area contributed by atoms with E-state index < -0.39 is 11.3 Å². The van der Waals surface area contributed by atoms with E-state index in [4.69, 9.17) is 21.1 Å². The molecule has 0 saturated heterocycles. The predicted octanol–water partition coefficient (Wildman–Crippen LogP) is 8.15. The molecule has 1 aromatic carbocycles. The molecule has 2 atom stereocenters. The average Bonchev–Trinajstić information content (AvgIpc) is 3.19. The molecule has 39 heavy (non-hydrogen) atoms. The van der Waals surface area contributed by atoms with Crippen LogP contribution in [0.5, 0.6) is 0 Å². The third-order valence-electron chi connectivity index (χ3n) is 7.27. The molecule has 0 N–H and O–H groups in total. The molecule has 212 valence electrons. The second-order valence-corrected chi connectivity index (χ2v) is 15.0. The second-order valence-electron chi connectivity index (χ2n) is 11.5. The van der Waals surface area contributed by atoms with Gasteiger partial charge in [0.25, 0.3) is 5.66 Å². The van der Waals surface area contributed by atoms with E-state index in [1.807, 2.05) is 32.9 Å². The number of nitrogens with zero attached hydrogens (tertiary/aromatic N) is 2. The van der Waals surface area contributed by atoms with E-state index in [2.05, 4.69) is 15.0 Å². The van der Waals surface area contributed by atoms with Gasteiger partial charge in [0.2, 0.25) is 0 Å². The van der Waals surface area contributed by atoms with Gasteiger partial charge in [-0.15, -0.1) is 0 Å². The molecule has 0 spiro atoms. The summed E-state index contributed by atoms with van der Waals surface area (Å²) < 4.78 is 42.9. The Morgan fingerprint density at radius 1 is 1.15 bits per heavy atom. The molecule has 0 bridgehead atoms. The van der Waals surface area contributed by atoms with Crippen molar-refractivity contribution in [2.75, 3.05) is 11.4 Å². The number of benzene rings is 1. The van der Waals surface area contributed by atoms with Crippen molar-refractivity contribution in [1.29, 1.82) is 0 Å². The van der Waals surface area contributed by atoms with Gasteiger partial charge in [-0.1, -0.05) is 59.8 Å². The van der Waals surface area contributed by atoms with Gasteiger partial charge in [0.1, 0.15) is 5.60 Å². The number of rotatable bonds is 4. The summed E-state index contributed by atoms with van der Waals surface area (Å²) in [6.45, 7) is 6.59. The standard InChI is InChI=1S/C29H35ClF2IN2O3P/c1-28(2,3)38-27(36)34-16-19-14-21(30)8-13-25(19)35-22(17-34)15-33-26(35)18-4-9-23(10-5-18)37-24-11-6-20(7-12-24)29(31,32)39/h6-8,11,13-15,18,23-24H,4-5,9-10,12,16-17,39H2,1-3H3. The maximum atomic E-state index is 13.5. The molecule has 5 nitrogen and oxygen atoms in total. The van der Waals surface area contributed by atoms with Gasteiger partial charge >= 0.3 is 6.09 Å². The number of carbonyl (C=O) groups excluding carboxylic acids is 1. The van der Waals surface area contributed by atoms with Crippen LogP contribution in [0.15, 0.2) is 51.8 Å². The summed E-state index contributed by atoms with van der Waals surface area (Å²) in [7, 11) is 1.60. The third-order valence-corrected chi connectivity index (χ3v) is 10.9. The van der Waals surface area contributed by atoms with Crippen LogP contribution in [-0.4, -0.2) is 44.6 Å². The summed E-state index contributed by atoms with van der Waals surface area (Å²) in [6.07, 6.45) is 8.92. The van der Waals surface area contributed by atoms with Crippen LogP contribution in [0.4, 0.5) is 19.3 Å². The second kappa shape index (κ2) is 11.5. The highest BCUT2D eigenvalue weighted by molar-refractivity contribution is 14.2. The van der Waals surface area contributed by atoms with Crippen LogP contribution >= 0.6 is 41.6 Å². The summed E-state index contributed by atoms with van der Waals surface area (Å²) >= 11 is 6.06. The first-order valence-electron chi connectivity index (χ1n) is 13.3. The molecule has 0 aromatic heterocycles. The van der Waals surface area contributed by atoms with Gasteiger partial charge in [-0.3, -0.25) is 4.90 Å². The normalized spacial score (nSPS) is 25.5. The number of ether oxygens (including phenoxy) is 2. The highest BCUT2D eigenvalue weighted by Crippen LogP contribution is 2.43. The van der Waals surface area contributed by atoms with Crippen molar-refractivity contribution in [3.05, 3.63) is 62.4 Å². The number of anilines is 1. The highest BCUT2D eigenvalue weighted by atomic mass is 127. The van der Waals surface area contributed by atoms with Gasteiger partial charge in [0, 0.05) is 22.2 Å². The minimum absolute atomic E-state index is 0.0326. The monoisotopic (exact) mass is 690 g/mol.